The molecule has 1 saturated heterocycles. The van der Waals surface area contributed by atoms with E-state index in [-0.39, 0.29) is 12.1 Å². The lowest BCUT2D eigenvalue weighted by Crippen LogP contribution is -2.34. The number of benzene rings is 1. The van der Waals surface area contributed by atoms with Gasteiger partial charge in [-0.05, 0) is 18.9 Å². The van der Waals surface area contributed by atoms with Crippen LogP contribution in [0.4, 0.5) is 0 Å². The quantitative estimate of drug-likeness (QED) is 0.776. The van der Waals surface area contributed by atoms with Crippen molar-refractivity contribution < 1.29 is 9.53 Å². The Labute approximate surface area is 96.0 Å². The van der Waals surface area contributed by atoms with Gasteiger partial charge in [0, 0.05) is 13.0 Å². The van der Waals surface area contributed by atoms with E-state index < -0.39 is 0 Å². The third kappa shape index (κ3) is 2.61. The number of rotatable bonds is 3. The smallest absolute Gasteiger partial charge is 0.225 e. The van der Waals surface area contributed by atoms with Crippen LogP contribution in [0, 0.1) is 0 Å². The number of hydrogen-bond donors (Lipinski definition) is 0. The molecular weight excluding hydrogens is 202 g/mol. The predicted molar refractivity (Wildman–Crippen MR) is 61.9 cm³/mol. The highest BCUT2D eigenvalue weighted by Gasteiger charge is 2.24. The molecule has 1 heterocycles. The fraction of sp³-hybridized carbons (Fsp3) is 0.462. The summed E-state index contributed by atoms with van der Waals surface area (Å²) in [6.45, 7) is 3.32. The molecule has 1 amide bonds. The van der Waals surface area contributed by atoms with E-state index >= 15 is 0 Å². The average Bonchev–Trinajstić information content (AvgIpc) is 2.74. The summed E-state index contributed by atoms with van der Waals surface area (Å²) in [5, 5.41) is 0. The molecular formula is C13H17NO2. The van der Waals surface area contributed by atoms with Gasteiger partial charge in [-0.1, -0.05) is 30.3 Å². The molecule has 1 atom stereocenters. The van der Waals surface area contributed by atoms with Crippen molar-refractivity contribution in [2.75, 3.05) is 13.2 Å². The highest BCUT2D eigenvalue weighted by Crippen LogP contribution is 2.12. The summed E-state index contributed by atoms with van der Waals surface area (Å²) in [6.07, 6.45) is 1.32. The number of ether oxygens (including phenoxy) is 1. The third-order valence-corrected chi connectivity index (χ3v) is 2.92. The maximum absolute atomic E-state index is 11.9. The standard InChI is InChI=1S/C13H17NO2/c1-11-14(9-10-16-11)13(15)8-7-12-5-3-2-4-6-12/h2-6,11H,7-10H2,1H3. The van der Waals surface area contributed by atoms with Gasteiger partial charge in [0.05, 0.1) is 6.61 Å². The summed E-state index contributed by atoms with van der Waals surface area (Å²) >= 11 is 0. The largest absolute Gasteiger partial charge is 0.357 e. The second-order valence-corrected chi connectivity index (χ2v) is 4.04. The van der Waals surface area contributed by atoms with Gasteiger partial charge in [-0.15, -0.1) is 0 Å². The van der Waals surface area contributed by atoms with Crippen molar-refractivity contribution in [3.8, 4) is 0 Å². The van der Waals surface area contributed by atoms with Gasteiger partial charge in [0.2, 0.25) is 5.91 Å². The summed E-state index contributed by atoms with van der Waals surface area (Å²) < 4.78 is 5.34. The molecule has 0 saturated carbocycles. The Morgan fingerprint density at radius 3 is 2.81 bits per heavy atom. The highest BCUT2D eigenvalue weighted by atomic mass is 16.5. The molecule has 86 valence electrons. The fourth-order valence-electron chi connectivity index (χ4n) is 1.96. The molecule has 1 aromatic rings. The van der Waals surface area contributed by atoms with Crippen LogP contribution in [0.2, 0.25) is 0 Å². The Morgan fingerprint density at radius 1 is 1.44 bits per heavy atom. The van der Waals surface area contributed by atoms with Gasteiger partial charge >= 0.3 is 0 Å². The van der Waals surface area contributed by atoms with Gasteiger partial charge in [-0.2, -0.15) is 0 Å². The number of carbonyl (C=O) groups is 1. The van der Waals surface area contributed by atoms with Crippen LogP contribution >= 0.6 is 0 Å². The minimum Gasteiger partial charge on any atom is -0.357 e. The second-order valence-electron chi connectivity index (χ2n) is 4.04. The molecule has 0 bridgehead atoms. The SMILES string of the molecule is CC1OCCN1C(=O)CCc1ccccc1. The Bertz CT molecular complexity index is 350. The van der Waals surface area contributed by atoms with Crippen LogP contribution in [0.3, 0.4) is 0 Å². The van der Waals surface area contributed by atoms with E-state index in [0.29, 0.717) is 13.0 Å². The Morgan fingerprint density at radius 2 is 2.19 bits per heavy atom. The summed E-state index contributed by atoms with van der Waals surface area (Å²) in [4.78, 5) is 13.7. The monoisotopic (exact) mass is 219 g/mol. The van der Waals surface area contributed by atoms with Crippen molar-refractivity contribution >= 4 is 5.91 Å². The van der Waals surface area contributed by atoms with Gasteiger partial charge in [-0.3, -0.25) is 4.79 Å². The number of aryl methyl sites for hydroxylation is 1. The van der Waals surface area contributed by atoms with Crippen molar-refractivity contribution in [3.05, 3.63) is 35.9 Å². The van der Waals surface area contributed by atoms with E-state index in [1.54, 1.807) is 0 Å². The van der Waals surface area contributed by atoms with E-state index in [1.165, 1.54) is 5.56 Å². The van der Waals surface area contributed by atoms with Crippen molar-refractivity contribution in [2.24, 2.45) is 0 Å². The van der Waals surface area contributed by atoms with Crippen molar-refractivity contribution in [2.45, 2.75) is 26.0 Å². The normalized spacial score (nSPS) is 20.1. The molecule has 0 N–H and O–H groups in total. The lowest BCUT2D eigenvalue weighted by Gasteiger charge is -2.19. The van der Waals surface area contributed by atoms with Crippen molar-refractivity contribution in [3.63, 3.8) is 0 Å². The van der Waals surface area contributed by atoms with E-state index in [2.05, 4.69) is 12.1 Å². The molecule has 1 unspecified atom stereocenters. The molecule has 0 aromatic heterocycles. The molecule has 0 aliphatic carbocycles. The first kappa shape index (κ1) is 11.1. The first-order chi connectivity index (χ1) is 7.77. The van der Waals surface area contributed by atoms with E-state index in [9.17, 15) is 4.79 Å². The lowest BCUT2D eigenvalue weighted by molar-refractivity contribution is -0.135. The second kappa shape index (κ2) is 5.12. The lowest BCUT2D eigenvalue weighted by atomic mass is 10.1. The van der Waals surface area contributed by atoms with Gasteiger partial charge in [-0.25, -0.2) is 0 Å². The molecule has 0 spiro atoms. The zero-order valence-corrected chi connectivity index (χ0v) is 9.56. The van der Waals surface area contributed by atoms with Crippen LogP contribution in [0.25, 0.3) is 0 Å². The van der Waals surface area contributed by atoms with Crippen LogP contribution in [0.1, 0.15) is 18.9 Å². The molecule has 1 aliphatic rings. The van der Waals surface area contributed by atoms with Gasteiger partial charge in [0.25, 0.3) is 0 Å². The number of carbonyl (C=O) groups excluding carboxylic acids is 1. The maximum atomic E-state index is 11.9. The van der Waals surface area contributed by atoms with Crippen molar-refractivity contribution in [1.82, 2.24) is 4.90 Å². The summed E-state index contributed by atoms with van der Waals surface area (Å²) in [5.41, 5.74) is 1.21. The summed E-state index contributed by atoms with van der Waals surface area (Å²) in [7, 11) is 0. The van der Waals surface area contributed by atoms with Crippen molar-refractivity contribution in [1.29, 1.82) is 0 Å². The van der Waals surface area contributed by atoms with Crippen LogP contribution in [-0.2, 0) is 16.0 Å². The predicted octanol–water partition coefficient (Wildman–Crippen LogP) is 1.82. The first-order valence-corrected chi connectivity index (χ1v) is 5.72. The van der Waals surface area contributed by atoms with Crippen LogP contribution in [-0.4, -0.2) is 30.2 Å². The molecule has 3 nitrogen and oxygen atoms in total. The zero-order chi connectivity index (χ0) is 11.4. The molecule has 1 aromatic carbocycles. The summed E-state index contributed by atoms with van der Waals surface area (Å²) in [6, 6.07) is 10.1. The van der Waals surface area contributed by atoms with Crippen LogP contribution < -0.4 is 0 Å². The van der Waals surface area contributed by atoms with E-state index in [1.807, 2.05) is 30.0 Å². The van der Waals surface area contributed by atoms with Crippen LogP contribution in [0.5, 0.6) is 0 Å². The molecule has 1 fully saturated rings. The zero-order valence-electron chi connectivity index (χ0n) is 9.56. The van der Waals surface area contributed by atoms with Gasteiger partial charge < -0.3 is 9.64 Å². The minimum absolute atomic E-state index is 0.0525. The number of amides is 1. The Kier molecular flexibility index (Phi) is 3.57. The van der Waals surface area contributed by atoms with E-state index in [4.69, 9.17) is 4.74 Å². The molecule has 1 aliphatic heterocycles. The minimum atomic E-state index is -0.0525. The Balaban J connectivity index is 1.84. The topological polar surface area (TPSA) is 29.5 Å². The molecule has 2 rings (SSSR count). The average molecular weight is 219 g/mol. The Hall–Kier alpha value is -1.35. The maximum Gasteiger partial charge on any atom is 0.225 e. The number of nitrogens with zero attached hydrogens (tertiary/aromatic N) is 1. The molecule has 16 heavy (non-hydrogen) atoms. The fourth-order valence-corrected chi connectivity index (χ4v) is 1.96. The van der Waals surface area contributed by atoms with Gasteiger partial charge in [0.15, 0.2) is 0 Å². The molecule has 3 heteroatoms. The highest BCUT2D eigenvalue weighted by molar-refractivity contribution is 5.76. The first-order valence-electron chi connectivity index (χ1n) is 5.72. The van der Waals surface area contributed by atoms with E-state index in [0.717, 1.165) is 13.0 Å². The van der Waals surface area contributed by atoms with Crippen LogP contribution in [0.15, 0.2) is 30.3 Å². The third-order valence-electron chi connectivity index (χ3n) is 2.92. The molecule has 0 radical (unpaired) electrons. The van der Waals surface area contributed by atoms with Gasteiger partial charge in [0.1, 0.15) is 6.23 Å². The number of hydrogen-bond acceptors (Lipinski definition) is 2. The summed E-state index contributed by atoms with van der Waals surface area (Å²) in [5.74, 6) is 0.189.